The zero-order valence-electron chi connectivity index (χ0n) is 10.5. The van der Waals surface area contributed by atoms with Crippen LogP contribution in [0.25, 0.3) is 0 Å². The average Bonchev–Trinajstić information content (AvgIpc) is 2.41. The second-order valence-electron chi connectivity index (χ2n) is 4.52. The molecule has 0 aliphatic carbocycles. The maximum absolute atomic E-state index is 9.41. The molecule has 0 N–H and O–H groups in total. The van der Waals surface area contributed by atoms with Gasteiger partial charge in [-0.3, -0.25) is 4.90 Å². The lowest BCUT2D eigenvalue weighted by atomic mass is 10.0. The number of piperidine rings is 1. The predicted molar refractivity (Wildman–Crippen MR) is 74.5 cm³/mol. The smallest absolute Gasteiger partial charge is 0.133 e. The third-order valence-electron chi connectivity index (χ3n) is 3.37. The fourth-order valence-electron chi connectivity index (χ4n) is 2.40. The van der Waals surface area contributed by atoms with Crippen molar-refractivity contribution >= 4 is 15.9 Å². The molecule has 1 aliphatic rings. The summed E-state index contributed by atoms with van der Waals surface area (Å²) in [5.41, 5.74) is 1.03. The molecule has 1 aromatic rings. The standard InChI is InChI=1S/C14H17BrN2O/c1-18-14-6-5-11(9-12(14)15)13(10-16)17-7-3-2-4-8-17/h5-6,9,13H,2-4,7-8H2,1H3. The quantitative estimate of drug-likeness (QED) is 0.857. The SMILES string of the molecule is COc1ccc(C(C#N)N2CCCCC2)cc1Br. The molecule has 1 heterocycles. The summed E-state index contributed by atoms with van der Waals surface area (Å²) in [6.45, 7) is 2.03. The van der Waals surface area contributed by atoms with Gasteiger partial charge in [-0.25, -0.2) is 0 Å². The molecule has 3 nitrogen and oxygen atoms in total. The Balaban J connectivity index is 2.22. The van der Waals surface area contributed by atoms with E-state index in [0.29, 0.717) is 0 Å². The lowest BCUT2D eigenvalue weighted by Gasteiger charge is -2.30. The molecule has 1 unspecified atom stereocenters. The first-order valence-electron chi connectivity index (χ1n) is 6.23. The van der Waals surface area contributed by atoms with Crippen LogP contribution in [0.2, 0.25) is 0 Å². The average molecular weight is 309 g/mol. The number of ether oxygens (including phenoxy) is 1. The molecule has 96 valence electrons. The Kier molecular flexibility index (Phi) is 4.62. The highest BCUT2D eigenvalue weighted by Crippen LogP contribution is 2.31. The van der Waals surface area contributed by atoms with Gasteiger partial charge in [0.15, 0.2) is 0 Å². The Morgan fingerprint density at radius 3 is 2.61 bits per heavy atom. The van der Waals surface area contributed by atoms with Crippen LogP contribution in [0.1, 0.15) is 30.9 Å². The summed E-state index contributed by atoms with van der Waals surface area (Å²) in [6.07, 6.45) is 3.66. The van der Waals surface area contributed by atoms with Crippen LogP contribution in [0, 0.1) is 11.3 Å². The van der Waals surface area contributed by atoms with Gasteiger partial charge in [-0.05, 0) is 59.6 Å². The van der Waals surface area contributed by atoms with E-state index >= 15 is 0 Å². The molecule has 1 atom stereocenters. The highest BCUT2D eigenvalue weighted by Gasteiger charge is 2.22. The molecule has 0 amide bonds. The molecule has 1 fully saturated rings. The summed E-state index contributed by atoms with van der Waals surface area (Å²) in [4.78, 5) is 2.26. The monoisotopic (exact) mass is 308 g/mol. The molecule has 0 radical (unpaired) electrons. The first-order chi connectivity index (χ1) is 8.76. The molecule has 0 aromatic heterocycles. The van der Waals surface area contributed by atoms with Crippen LogP contribution in [-0.4, -0.2) is 25.1 Å². The van der Waals surface area contributed by atoms with Crippen molar-refractivity contribution in [3.05, 3.63) is 28.2 Å². The lowest BCUT2D eigenvalue weighted by molar-refractivity contribution is 0.196. The molecule has 1 saturated heterocycles. The summed E-state index contributed by atoms with van der Waals surface area (Å²) >= 11 is 3.48. The zero-order valence-corrected chi connectivity index (χ0v) is 12.1. The number of hydrogen-bond donors (Lipinski definition) is 0. The van der Waals surface area contributed by atoms with E-state index in [9.17, 15) is 5.26 Å². The fraction of sp³-hybridized carbons (Fsp3) is 0.500. The molecule has 0 saturated carbocycles. The third-order valence-corrected chi connectivity index (χ3v) is 3.99. The van der Waals surface area contributed by atoms with Crippen molar-refractivity contribution in [2.45, 2.75) is 25.3 Å². The van der Waals surface area contributed by atoms with Crippen molar-refractivity contribution in [1.29, 1.82) is 5.26 Å². The van der Waals surface area contributed by atoms with Crippen molar-refractivity contribution in [1.82, 2.24) is 4.90 Å². The molecule has 4 heteroatoms. The highest BCUT2D eigenvalue weighted by molar-refractivity contribution is 9.10. The van der Waals surface area contributed by atoms with Crippen molar-refractivity contribution in [2.24, 2.45) is 0 Å². The Morgan fingerprint density at radius 2 is 2.06 bits per heavy atom. The minimum atomic E-state index is -0.146. The number of nitrogens with zero attached hydrogens (tertiary/aromatic N) is 2. The van der Waals surface area contributed by atoms with Crippen molar-refractivity contribution < 1.29 is 4.74 Å². The van der Waals surface area contributed by atoms with Gasteiger partial charge in [0.2, 0.25) is 0 Å². The normalized spacial score (nSPS) is 18.1. The molecule has 0 bridgehead atoms. The van der Waals surface area contributed by atoms with Crippen LogP contribution >= 0.6 is 15.9 Å². The molecule has 0 spiro atoms. The highest BCUT2D eigenvalue weighted by atomic mass is 79.9. The van der Waals surface area contributed by atoms with Gasteiger partial charge in [0.1, 0.15) is 11.8 Å². The number of benzene rings is 1. The minimum absolute atomic E-state index is 0.146. The topological polar surface area (TPSA) is 36.3 Å². The summed E-state index contributed by atoms with van der Waals surface area (Å²) in [6, 6.07) is 8.15. The van der Waals surface area contributed by atoms with E-state index in [0.717, 1.165) is 28.9 Å². The predicted octanol–water partition coefficient (Wildman–Crippen LogP) is 3.51. The van der Waals surface area contributed by atoms with Crippen LogP contribution in [-0.2, 0) is 0 Å². The fourth-order valence-corrected chi connectivity index (χ4v) is 2.95. The molecule has 1 aromatic carbocycles. The Labute approximate surface area is 116 Å². The van der Waals surface area contributed by atoms with E-state index in [4.69, 9.17) is 4.74 Å². The minimum Gasteiger partial charge on any atom is -0.496 e. The van der Waals surface area contributed by atoms with Crippen LogP contribution in [0.3, 0.4) is 0 Å². The van der Waals surface area contributed by atoms with Crippen molar-refractivity contribution in [2.75, 3.05) is 20.2 Å². The first kappa shape index (κ1) is 13.4. The van der Waals surface area contributed by atoms with Gasteiger partial charge >= 0.3 is 0 Å². The third kappa shape index (κ3) is 2.85. The van der Waals surface area contributed by atoms with E-state index < -0.39 is 0 Å². The van der Waals surface area contributed by atoms with Gasteiger partial charge in [0, 0.05) is 0 Å². The largest absolute Gasteiger partial charge is 0.496 e. The van der Waals surface area contributed by atoms with Gasteiger partial charge in [0.05, 0.1) is 17.7 Å². The molecule has 18 heavy (non-hydrogen) atoms. The van der Waals surface area contributed by atoms with Crippen LogP contribution < -0.4 is 4.74 Å². The summed E-state index contributed by atoms with van der Waals surface area (Å²) in [5, 5.41) is 9.41. The second-order valence-corrected chi connectivity index (χ2v) is 5.38. The van der Waals surface area contributed by atoms with Crippen molar-refractivity contribution in [3.63, 3.8) is 0 Å². The molecular weight excluding hydrogens is 292 g/mol. The molecular formula is C14H17BrN2O. The number of halogens is 1. The second kappa shape index (κ2) is 6.21. The molecule has 2 rings (SSSR count). The van der Waals surface area contributed by atoms with E-state index in [1.165, 1.54) is 19.3 Å². The van der Waals surface area contributed by atoms with Gasteiger partial charge in [-0.2, -0.15) is 5.26 Å². The number of likely N-dealkylation sites (tertiary alicyclic amines) is 1. The number of hydrogen-bond acceptors (Lipinski definition) is 3. The van der Waals surface area contributed by atoms with Gasteiger partial charge < -0.3 is 4.74 Å². The van der Waals surface area contributed by atoms with Crippen LogP contribution in [0.5, 0.6) is 5.75 Å². The van der Waals surface area contributed by atoms with Crippen LogP contribution in [0.15, 0.2) is 22.7 Å². The lowest BCUT2D eigenvalue weighted by Crippen LogP contribution is -2.33. The Hall–Kier alpha value is -1.05. The van der Waals surface area contributed by atoms with Crippen molar-refractivity contribution in [3.8, 4) is 11.8 Å². The molecule has 1 aliphatic heterocycles. The number of methoxy groups -OCH3 is 1. The summed E-state index contributed by atoms with van der Waals surface area (Å²) < 4.78 is 6.12. The van der Waals surface area contributed by atoms with E-state index in [2.05, 4.69) is 26.9 Å². The van der Waals surface area contributed by atoms with Crippen LogP contribution in [0.4, 0.5) is 0 Å². The number of nitriles is 1. The first-order valence-corrected chi connectivity index (χ1v) is 7.02. The van der Waals surface area contributed by atoms with E-state index in [1.807, 2.05) is 18.2 Å². The maximum Gasteiger partial charge on any atom is 0.133 e. The van der Waals surface area contributed by atoms with E-state index in [-0.39, 0.29) is 6.04 Å². The van der Waals surface area contributed by atoms with E-state index in [1.54, 1.807) is 7.11 Å². The Morgan fingerprint density at radius 1 is 1.33 bits per heavy atom. The summed E-state index contributed by atoms with van der Waals surface area (Å²) in [7, 11) is 1.65. The number of rotatable bonds is 3. The zero-order chi connectivity index (χ0) is 13.0. The van der Waals surface area contributed by atoms with Gasteiger partial charge in [0.25, 0.3) is 0 Å². The maximum atomic E-state index is 9.41. The summed E-state index contributed by atoms with van der Waals surface area (Å²) in [5.74, 6) is 0.800. The van der Waals surface area contributed by atoms with Gasteiger partial charge in [-0.1, -0.05) is 12.5 Å². The van der Waals surface area contributed by atoms with Gasteiger partial charge in [-0.15, -0.1) is 0 Å². The Bertz CT molecular complexity index is 450.